The van der Waals surface area contributed by atoms with E-state index in [2.05, 4.69) is 5.10 Å². The van der Waals surface area contributed by atoms with Crippen LogP contribution in [0.2, 0.25) is 0 Å². The molecule has 19 heavy (non-hydrogen) atoms. The number of para-hydroxylation sites is 1. The highest BCUT2D eigenvalue weighted by Gasteiger charge is 2.16. The van der Waals surface area contributed by atoms with Gasteiger partial charge >= 0.3 is 7.12 Å². The topological polar surface area (TPSA) is 67.5 Å². The standard InChI is InChI=1S/C13H17BN2O3/c1-3-16-11(8-10(2)15-16)9-19-13-7-5-4-6-12(13)14(17)18/h4-8,17-18H,3,9H2,1-2H3. The van der Waals surface area contributed by atoms with Gasteiger partial charge in [0.05, 0.1) is 11.4 Å². The van der Waals surface area contributed by atoms with Crippen LogP contribution < -0.4 is 10.2 Å². The molecule has 0 aliphatic rings. The van der Waals surface area contributed by atoms with E-state index in [-0.39, 0.29) is 0 Å². The van der Waals surface area contributed by atoms with E-state index in [1.807, 2.05) is 24.6 Å². The van der Waals surface area contributed by atoms with E-state index in [9.17, 15) is 10.0 Å². The largest absolute Gasteiger partial charge is 0.492 e. The van der Waals surface area contributed by atoms with Crippen molar-refractivity contribution in [1.29, 1.82) is 0 Å². The summed E-state index contributed by atoms with van der Waals surface area (Å²) in [5, 5.41) is 22.9. The molecule has 6 heteroatoms. The van der Waals surface area contributed by atoms with E-state index >= 15 is 0 Å². The molecule has 1 heterocycles. The smallest absolute Gasteiger partial charge is 0.488 e. The van der Waals surface area contributed by atoms with Crippen LogP contribution in [0.15, 0.2) is 30.3 Å². The van der Waals surface area contributed by atoms with Crippen LogP contribution in [0.25, 0.3) is 0 Å². The summed E-state index contributed by atoms with van der Waals surface area (Å²) in [6.07, 6.45) is 0. The van der Waals surface area contributed by atoms with Crippen LogP contribution in [-0.2, 0) is 13.2 Å². The number of aromatic nitrogens is 2. The van der Waals surface area contributed by atoms with Crippen molar-refractivity contribution in [1.82, 2.24) is 9.78 Å². The van der Waals surface area contributed by atoms with Crippen LogP contribution in [-0.4, -0.2) is 26.9 Å². The lowest BCUT2D eigenvalue weighted by Crippen LogP contribution is -2.31. The first-order chi connectivity index (χ1) is 9.11. The second-order valence-electron chi connectivity index (χ2n) is 4.29. The number of benzene rings is 1. The number of rotatable bonds is 5. The number of hydrogen-bond donors (Lipinski definition) is 2. The Labute approximate surface area is 112 Å². The monoisotopic (exact) mass is 260 g/mol. The van der Waals surface area contributed by atoms with Crippen LogP contribution in [0, 0.1) is 6.92 Å². The zero-order chi connectivity index (χ0) is 13.8. The first-order valence-electron chi connectivity index (χ1n) is 6.23. The molecule has 0 aliphatic carbocycles. The molecule has 0 saturated carbocycles. The summed E-state index contributed by atoms with van der Waals surface area (Å²) in [6.45, 7) is 5.07. The van der Waals surface area contributed by atoms with Gasteiger partial charge in [-0.2, -0.15) is 5.10 Å². The third-order valence-corrected chi connectivity index (χ3v) is 2.86. The van der Waals surface area contributed by atoms with Crippen molar-refractivity contribution in [3.63, 3.8) is 0 Å². The molecule has 0 spiro atoms. The third kappa shape index (κ3) is 3.16. The number of aryl methyl sites for hydroxylation is 2. The van der Waals surface area contributed by atoms with Gasteiger partial charge in [-0.05, 0) is 26.0 Å². The summed E-state index contributed by atoms with van der Waals surface area (Å²) >= 11 is 0. The summed E-state index contributed by atoms with van der Waals surface area (Å²) in [5.74, 6) is 0.471. The summed E-state index contributed by atoms with van der Waals surface area (Å²) < 4.78 is 7.53. The Kier molecular flexibility index (Phi) is 4.24. The second kappa shape index (κ2) is 5.90. The van der Waals surface area contributed by atoms with Gasteiger partial charge in [0, 0.05) is 12.0 Å². The van der Waals surface area contributed by atoms with Crippen LogP contribution >= 0.6 is 0 Å². The normalized spacial score (nSPS) is 10.5. The molecule has 0 fully saturated rings. The number of ether oxygens (including phenoxy) is 1. The number of nitrogens with zero attached hydrogens (tertiary/aromatic N) is 2. The van der Waals surface area contributed by atoms with Crippen molar-refractivity contribution >= 4 is 12.6 Å². The lowest BCUT2D eigenvalue weighted by Gasteiger charge is -2.11. The van der Waals surface area contributed by atoms with E-state index < -0.39 is 7.12 Å². The van der Waals surface area contributed by atoms with Crippen molar-refractivity contribution < 1.29 is 14.8 Å². The summed E-state index contributed by atoms with van der Waals surface area (Å²) in [5.41, 5.74) is 2.26. The van der Waals surface area contributed by atoms with Crippen LogP contribution in [0.5, 0.6) is 5.75 Å². The molecule has 2 N–H and O–H groups in total. The molecule has 0 saturated heterocycles. The van der Waals surface area contributed by atoms with E-state index in [0.29, 0.717) is 17.8 Å². The van der Waals surface area contributed by atoms with E-state index in [4.69, 9.17) is 4.74 Å². The highest BCUT2D eigenvalue weighted by molar-refractivity contribution is 6.59. The quantitative estimate of drug-likeness (QED) is 0.767. The molecule has 1 aromatic carbocycles. The Morgan fingerprint density at radius 2 is 2.05 bits per heavy atom. The van der Waals surface area contributed by atoms with Gasteiger partial charge in [0.2, 0.25) is 0 Å². The molecule has 0 bridgehead atoms. The second-order valence-corrected chi connectivity index (χ2v) is 4.29. The molecule has 5 nitrogen and oxygen atoms in total. The van der Waals surface area contributed by atoms with Crippen LogP contribution in [0.3, 0.4) is 0 Å². The predicted molar refractivity (Wildman–Crippen MR) is 73.2 cm³/mol. The minimum atomic E-state index is -1.53. The van der Waals surface area contributed by atoms with E-state index in [0.717, 1.165) is 17.9 Å². The predicted octanol–water partition coefficient (Wildman–Crippen LogP) is 0.470. The Morgan fingerprint density at radius 1 is 1.32 bits per heavy atom. The van der Waals surface area contributed by atoms with Gasteiger partial charge in [0.15, 0.2) is 0 Å². The lowest BCUT2D eigenvalue weighted by molar-refractivity contribution is 0.293. The molecule has 100 valence electrons. The maximum absolute atomic E-state index is 9.26. The lowest BCUT2D eigenvalue weighted by atomic mass is 9.79. The zero-order valence-corrected chi connectivity index (χ0v) is 11.1. The average Bonchev–Trinajstić information content (AvgIpc) is 2.77. The average molecular weight is 260 g/mol. The van der Waals surface area contributed by atoms with Gasteiger partial charge < -0.3 is 14.8 Å². The first-order valence-corrected chi connectivity index (χ1v) is 6.23. The van der Waals surface area contributed by atoms with Crippen LogP contribution in [0.1, 0.15) is 18.3 Å². The van der Waals surface area contributed by atoms with Gasteiger partial charge in [-0.3, -0.25) is 4.68 Å². The minimum absolute atomic E-state index is 0.346. The molecular weight excluding hydrogens is 243 g/mol. The van der Waals surface area contributed by atoms with Crippen molar-refractivity contribution in [3.8, 4) is 5.75 Å². The summed E-state index contributed by atoms with van der Waals surface area (Å²) in [6, 6.07) is 8.84. The molecule has 0 unspecified atom stereocenters. The molecule has 0 atom stereocenters. The molecule has 2 rings (SSSR count). The Balaban J connectivity index is 2.14. The Bertz CT molecular complexity index is 555. The van der Waals surface area contributed by atoms with Gasteiger partial charge in [0.25, 0.3) is 0 Å². The molecule has 1 aromatic heterocycles. The summed E-state index contributed by atoms with van der Waals surface area (Å²) in [4.78, 5) is 0. The molecule has 2 aromatic rings. The van der Waals surface area contributed by atoms with Crippen LogP contribution in [0.4, 0.5) is 0 Å². The maximum atomic E-state index is 9.26. The fraction of sp³-hybridized carbons (Fsp3) is 0.308. The number of hydrogen-bond acceptors (Lipinski definition) is 4. The van der Waals surface area contributed by atoms with Crippen molar-refractivity contribution in [2.24, 2.45) is 0 Å². The van der Waals surface area contributed by atoms with Gasteiger partial charge in [0.1, 0.15) is 12.4 Å². The van der Waals surface area contributed by atoms with Crippen molar-refractivity contribution in [2.75, 3.05) is 0 Å². The zero-order valence-electron chi connectivity index (χ0n) is 11.1. The van der Waals surface area contributed by atoms with E-state index in [1.54, 1.807) is 24.3 Å². The highest BCUT2D eigenvalue weighted by Crippen LogP contribution is 2.11. The Hall–Kier alpha value is -1.79. The molecule has 0 radical (unpaired) electrons. The maximum Gasteiger partial charge on any atom is 0.492 e. The minimum Gasteiger partial charge on any atom is -0.488 e. The molecular formula is C13H17BN2O3. The molecule has 0 aliphatic heterocycles. The van der Waals surface area contributed by atoms with Gasteiger partial charge in [-0.15, -0.1) is 0 Å². The van der Waals surface area contributed by atoms with Gasteiger partial charge in [-0.25, -0.2) is 0 Å². The first kappa shape index (κ1) is 13.6. The highest BCUT2D eigenvalue weighted by atomic mass is 16.5. The Morgan fingerprint density at radius 3 is 2.74 bits per heavy atom. The van der Waals surface area contributed by atoms with E-state index in [1.165, 1.54) is 0 Å². The third-order valence-electron chi connectivity index (χ3n) is 2.86. The summed E-state index contributed by atoms with van der Waals surface area (Å²) in [7, 11) is -1.53. The fourth-order valence-corrected chi connectivity index (χ4v) is 1.97. The van der Waals surface area contributed by atoms with Crippen molar-refractivity contribution in [2.45, 2.75) is 27.0 Å². The van der Waals surface area contributed by atoms with Gasteiger partial charge in [-0.1, -0.05) is 18.2 Å². The van der Waals surface area contributed by atoms with Crippen molar-refractivity contribution in [3.05, 3.63) is 41.7 Å². The SMILES string of the molecule is CCn1nc(C)cc1COc1ccccc1B(O)O. The molecule has 0 amide bonds. The fourth-order valence-electron chi connectivity index (χ4n) is 1.97.